The third-order valence-electron chi connectivity index (χ3n) is 2.85. The fraction of sp³-hybridized carbons (Fsp3) is 0.214. The highest BCUT2D eigenvalue weighted by Crippen LogP contribution is 2.37. The SMILES string of the molecule is CCN1C(=O)/C(=C/c2cc(Cl)c(OCC(=O)O)c(Cl)c2)SC1=S. The third-order valence-corrected chi connectivity index (χ3v) is 4.79. The molecule has 1 aromatic rings. The second kappa shape index (κ2) is 7.53. The van der Waals surface area contributed by atoms with Crippen molar-refractivity contribution < 1.29 is 19.4 Å². The molecule has 0 aromatic heterocycles. The molecule has 1 N–H and O–H groups in total. The van der Waals surface area contributed by atoms with Gasteiger partial charge in [0.05, 0.1) is 15.0 Å². The molecule has 5 nitrogen and oxygen atoms in total. The van der Waals surface area contributed by atoms with Gasteiger partial charge < -0.3 is 9.84 Å². The molecule has 1 heterocycles. The maximum Gasteiger partial charge on any atom is 0.341 e. The molecule has 1 fully saturated rings. The second-order valence-corrected chi connectivity index (χ2v) is 6.91. The molecule has 0 atom stereocenters. The Balaban J connectivity index is 2.28. The first-order valence-electron chi connectivity index (χ1n) is 6.42. The fourth-order valence-corrected chi connectivity index (χ4v) is 3.86. The molecule has 0 saturated carbocycles. The van der Waals surface area contributed by atoms with Crippen LogP contribution in [0.25, 0.3) is 6.08 Å². The molecule has 23 heavy (non-hydrogen) atoms. The molecule has 2 rings (SSSR count). The van der Waals surface area contributed by atoms with Gasteiger partial charge in [-0.2, -0.15) is 0 Å². The lowest BCUT2D eigenvalue weighted by molar-refractivity contribution is -0.139. The van der Waals surface area contributed by atoms with Crippen molar-refractivity contribution in [1.82, 2.24) is 4.90 Å². The van der Waals surface area contributed by atoms with Crippen molar-refractivity contribution in [2.24, 2.45) is 0 Å². The van der Waals surface area contributed by atoms with Gasteiger partial charge >= 0.3 is 5.97 Å². The molecule has 0 radical (unpaired) electrons. The van der Waals surface area contributed by atoms with Crippen LogP contribution in [0.5, 0.6) is 5.75 Å². The van der Waals surface area contributed by atoms with Crippen molar-refractivity contribution in [3.63, 3.8) is 0 Å². The normalized spacial score (nSPS) is 16.3. The van der Waals surface area contributed by atoms with E-state index in [4.69, 9.17) is 45.3 Å². The van der Waals surface area contributed by atoms with Gasteiger partial charge in [0.1, 0.15) is 4.32 Å². The summed E-state index contributed by atoms with van der Waals surface area (Å²) in [6, 6.07) is 3.09. The van der Waals surface area contributed by atoms with E-state index in [1.54, 1.807) is 18.2 Å². The molecular weight excluding hydrogens is 381 g/mol. The van der Waals surface area contributed by atoms with Gasteiger partial charge in [0.25, 0.3) is 5.91 Å². The number of rotatable bonds is 5. The Labute approximate surface area is 152 Å². The second-order valence-electron chi connectivity index (χ2n) is 4.42. The monoisotopic (exact) mass is 391 g/mol. The standard InChI is InChI=1S/C14H11Cl2NO4S2/c1-2-17-13(20)10(23-14(17)22)5-7-3-8(15)12(9(16)4-7)21-6-11(18)19/h3-5H,2,6H2,1H3,(H,18,19)/b10-5-. The summed E-state index contributed by atoms with van der Waals surface area (Å²) in [5.74, 6) is -1.21. The Morgan fingerprint density at radius 2 is 2.04 bits per heavy atom. The number of hydrogen-bond acceptors (Lipinski definition) is 5. The number of carboxylic acid groups (broad SMARTS) is 1. The van der Waals surface area contributed by atoms with E-state index < -0.39 is 12.6 Å². The highest BCUT2D eigenvalue weighted by Gasteiger charge is 2.30. The number of nitrogens with zero attached hydrogens (tertiary/aromatic N) is 1. The number of halogens is 2. The van der Waals surface area contributed by atoms with Crippen LogP contribution >= 0.6 is 47.2 Å². The van der Waals surface area contributed by atoms with Gasteiger partial charge in [0.2, 0.25) is 0 Å². The molecule has 1 aliphatic rings. The van der Waals surface area contributed by atoms with E-state index in [2.05, 4.69) is 0 Å². The number of carboxylic acids is 1. The number of ether oxygens (including phenoxy) is 1. The largest absolute Gasteiger partial charge is 0.479 e. The zero-order valence-corrected chi connectivity index (χ0v) is 15.0. The number of thioether (sulfide) groups is 1. The van der Waals surface area contributed by atoms with E-state index in [0.717, 1.165) is 0 Å². The maximum absolute atomic E-state index is 12.2. The number of benzene rings is 1. The molecule has 9 heteroatoms. The molecule has 1 aliphatic heterocycles. The van der Waals surface area contributed by atoms with Crippen molar-refractivity contribution in [3.05, 3.63) is 32.6 Å². The van der Waals surface area contributed by atoms with Crippen LogP contribution in [0.4, 0.5) is 0 Å². The van der Waals surface area contributed by atoms with Crippen LogP contribution in [0, 0.1) is 0 Å². The van der Waals surface area contributed by atoms with Crippen molar-refractivity contribution in [2.45, 2.75) is 6.92 Å². The molecule has 1 aromatic carbocycles. The Morgan fingerprint density at radius 1 is 1.43 bits per heavy atom. The van der Waals surface area contributed by atoms with Crippen LogP contribution in [0.2, 0.25) is 10.0 Å². The predicted molar refractivity (Wildman–Crippen MR) is 95.1 cm³/mol. The Morgan fingerprint density at radius 3 is 2.52 bits per heavy atom. The average Bonchev–Trinajstić information content (AvgIpc) is 2.71. The molecule has 1 saturated heterocycles. The van der Waals surface area contributed by atoms with Crippen LogP contribution < -0.4 is 4.74 Å². The van der Waals surface area contributed by atoms with E-state index >= 15 is 0 Å². The summed E-state index contributed by atoms with van der Waals surface area (Å²) in [6.07, 6.45) is 1.63. The van der Waals surface area contributed by atoms with Gasteiger partial charge in [-0.15, -0.1) is 0 Å². The first kappa shape index (κ1) is 18.1. The molecule has 1 amide bonds. The predicted octanol–water partition coefficient (Wildman–Crippen LogP) is 3.68. The molecule has 122 valence electrons. The van der Waals surface area contributed by atoms with E-state index in [1.807, 2.05) is 6.92 Å². The van der Waals surface area contributed by atoms with E-state index in [1.165, 1.54) is 16.7 Å². The first-order valence-corrected chi connectivity index (χ1v) is 8.40. The smallest absolute Gasteiger partial charge is 0.341 e. The number of amides is 1. The van der Waals surface area contributed by atoms with Crippen molar-refractivity contribution in [1.29, 1.82) is 0 Å². The molecule has 0 unspecified atom stereocenters. The van der Waals surface area contributed by atoms with Gasteiger partial charge in [-0.3, -0.25) is 9.69 Å². The number of hydrogen-bond donors (Lipinski definition) is 1. The van der Waals surface area contributed by atoms with Crippen LogP contribution in [0.3, 0.4) is 0 Å². The van der Waals surface area contributed by atoms with Crippen LogP contribution in [-0.4, -0.2) is 39.4 Å². The lowest BCUT2D eigenvalue weighted by Crippen LogP contribution is -2.27. The topological polar surface area (TPSA) is 66.8 Å². The highest BCUT2D eigenvalue weighted by molar-refractivity contribution is 8.26. The first-order chi connectivity index (χ1) is 10.8. The van der Waals surface area contributed by atoms with Crippen molar-refractivity contribution in [3.8, 4) is 5.75 Å². The number of carbonyl (C=O) groups is 2. The van der Waals surface area contributed by atoms with Crippen molar-refractivity contribution in [2.75, 3.05) is 13.2 Å². The minimum atomic E-state index is -1.13. The van der Waals surface area contributed by atoms with Gasteiger partial charge in [-0.05, 0) is 30.7 Å². The lowest BCUT2D eigenvalue weighted by atomic mass is 10.2. The van der Waals surface area contributed by atoms with Crippen molar-refractivity contribution >= 4 is 69.5 Å². The summed E-state index contributed by atoms with van der Waals surface area (Å²) in [4.78, 5) is 24.7. The van der Waals surface area contributed by atoms with E-state index in [9.17, 15) is 9.59 Å². The Hall–Kier alpha value is -1.28. The molecule has 0 aliphatic carbocycles. The number of likely N-dealkylation sites (N-methyl/N-ethyl adjacent to an activating group) is 1. The highest BCUT2D eigenvalue weighted by atomic mass is 35.5. The molecule has 0 spiro atoms. The Kier molecular flexibility index (Phi) is 5.91. The zero-order valence-electron chi connectivity index (χ0n) is 11.8. The third kappa shape index (κ3) is 4.17. The summed E-state index contributed by atoms with van der Waals surface area (Å²) in [5.41, 5.74) is 0.597. The zero-order chi connectivity index (χ0) is 17.1. The average molecular weight is 392 g/mol. The van der Waals surface area contributed by atoms with Gasteiger partial charge in [-0.1, -0.05) is 47.2 Å². The van der Waals surface area contributed by atoms with Crippen LogP contribution in [-0.2, 0) is 9.59 Å². The maximum atomic E-state index is 12.2. The minimum absolute atomic E-state index is 0.0917. The summed E-state index contributed by atoms with van der Waals surface area (Å²) in [7, 11) is 0. The lowest BCUT2D eigenvalue weighted by Gasteiger charge is -2.10. The summed E-state index contributed by atoms with van der Waals surface area (Å²) in [6.45, 7) is 1.80. The van der Waals surface area contributed by atoms with E-state index in [0.29, 0.717) is 21.3 Å². The number of carbonyl (C=O) groups excluding carboxylic acids is 1. The summed E-state index contributed by atoms with van der Waals surface area (Å²) < 4.78 is 5.54. The van der Waals surface area contributed by atoms with Crippen LogP contribution in [0.15, 0.2) is 17.0 Å². The minimum Gasteiger partial charge on any atom is -0.479 e. The van der Waals surface area contributed by atoms with Crippen LogP contribution in [0.1, 0.15) is 12.5 Å². The summed E-state index contributed by atoms with van der Waals surface area (Å²) in [5, 5.41) is 8.95. The van der Waals surface area contributed by atoms with Gasteiger partial charge in [0.15, 0.2) is 12.4 Å². The number of thiocarbonyl (C=S) groups is 1. The fourth-order valence-electron chi connectivity index (χ4n) is 1.86. The van der Waals surface area contributed by atoms with E-state index in [-0.39, 0.29) is 21.7 Å². The molecule has 0 bridgehead atoms. The molecular formula is C14H11Cl2NO4S2. The number of aliphatic carboxylic acids is 1. The van der Waals surface area contributed by atoms with Gasteiger partial charge in [-0.25, -0.2) is 4.79 Å². The quantitative estimate of drug-likeness (QED) is 0.609. The Bertz CT molecular complexity index is 698. The van der Waals surface area contributed by atoms with Gasteiger partial charge in [0, 0.05) is 6.54 Å². The summed E-state index contributed by atoms with van der Waals surface area (Å²) >= 11 is 18.5.